The van der Waals surface area contributed by atoms with Crippen LogP contribution in [-0.2, 0) is 57.2 Å². The molecule has 0 aliphatic carbocycles. The first-order valence-electron chi connectivity index (χ1n) is 22.8. The molecule has 27 nitrogen and oxygen atoms in total. The van der Waals surface area contributed by atoms with Gasteiger partial charge >= 0.3 is 5.97 Å². The Bertz CT molecular complexity index is 1520. The molecule has 13 N–H and O–H groups in total. The van der Waals surface area contributed by atoms with Crippen molar-refractivity contribution in [3.05, 3.63) is 0 Å². The van der Waals surface area contributed by atoms with Gasteiger partial charge in [-0.1, -0.05) is 12.8 Å². The molecule has 0 unspecified atom stereocenters. The standard InChI is InChI=1S/C41H69N3O24/c45-18-23-29(52)32(55)35(58)39(65-23)62-15-12-42-38(61)22(8-3-1-2-6-21(48)7-4-5-9-28(51)68-44-26(49)10-11-27(44)50)43(13-16-63-40-36(59)33(56)30(53)24(19-46)66-40)14-17-64-41-37(60)34(57)31(54)25(20-47)67-41/h22-25,29-37,39-41,45-47,52-60H,1-20H2,(H,42,61)/t22-,23+,24+,25+,29+,30+,31+,32-,33-,34-,35-,36-,37-,39-,40-,41-/m0/s1. The maximum atomic E-state index is 14.0. The maximum absolute atomic E-state index is 14.0. The number of ketones is 1. The van der Waals surface area contributed by atoms with Crippen molar-refractivity contribution in [2.45, 2.75) is 169 Å². The largest absolute Gasteiger partial charge is 0.394 e. The number of amides is 3. The predicted molar refractivity (Wildman–Crippen MR) is 221 cm³/mol. The van der Waals surface area contributed by atoms with Crippen LogP contribution in [0.2, 0.25) is 0 Å². The van der Waals surface area contributed by atoms with Crippen molar-refractivity contribution in [1.82, 2.24) is 15.3 Å². The first-order valence-corrected chi connectivity index (χ1v) is 22.8. The van der Waals surface area contributed by atoms with Crippen LogP contribution < -0.4 is 5.32 Å². The van der Waals surface area contributed by atoms with E-state index in [0.29, 0.717) is 30.7 Å². The molecule has 0 radical (unpaired) electrons. The lowest BCUT2D eigenvalue weighted by Crippen LogP contribution is -2.60. The fourth-order valence-corrected chi connectivity index (χ4v) is 7.92. The van der Waals surface area contributed by atoms with E-state index < -0.39 is 142 Å². The van der Waals surface area contributed by atoms with Crippen molar-refractivity contribution in [1.29, 1.82) is 0 Å². The lowest BCUT2D eigenvalue weighted by atomic mass is 9.99. The summed E-state index contributed by atoms with van der Waals surface area (Å²) in [4.78, 5) is 68.6. The smallest absolute Gasteiger partial charge is 0.333 e. The monoisotopic (exact) mass is 987 g/mol. The second-order valence-corrected chi connectivity index (χ2v) is 16.9. The minimum atomic E-state index is -1.74. The van der Waals surface area contributed by atoms with Crippen molar-refractivity contribution in [3.8, 4) is 0 Å². The Morgan fingerprint density at radius 1 is 0.574 bits per heavy atom. The van der Waals surface area contributed by atoms with E-state index in [4.69, 9.17) is 33.3 Å². The molecule has 68 heavy (non-hydrogen) atoms. The molecule has 16 atom stereocenters. The molecule has 4 saturated heterocycles. The van der Waals surface area contributed by atoms with Crippen LogP contribution in [-0.4, -0.2) is 258 Å². The molecule has 0 aromatic carbocycles. The van der Waals surface area contributed by atoms with E-state index in [0.717, 1.165) is 0 Å². The number of hydroxylamine groups is 2. The second kappa shape index (κ2) is 28.7. The third-order valence-corrected chi connectivity index (χ3v) is 12.0. The van der Waals surface area contributed by atoms with E-state index >= 15 is 0 Å². The van der Waals surface area contributed by atoms with Gasteiger partial charge < -0.3 is 99.9 Å². The Morgan fingerprint density at radius 2 is 0.985 bits per heavy atom. The van der Waals surface area contributed by atoms with E-state index in [9.17, 15) is 85.3 Å². The summed E-state index contributed by atoms with van der Waals surface area (Å²) in [5.41, 5.74) is 0. The number of rotatable bonds is 29. The summed E-state index contributed by atoms with van der Waals surface area (Å²) in [5, 5.41) is 125. The van der Waals surface area contributed by atoms with E-state index in [1.807, 2.05) is 0 Å². The van der Waals surface area contributed by atoms with Crippen molar-refractivity contribution in [2.24, 2.45) is 0 Å². The Morgan fingerprint density at radius 3 is 1.43 bits per heavy atom. The highest BCUT2D eigenvalue weighted by molar-refractivity contribution is 6.01. The van der Waals surface area contributed by atoms with Crippen LogP contribution in [0.5, 0.6) is 0 Å². The molecule has 0 bridgehead atoms. The number of hydrogen-bond donors (Lipinski definition) is 13. The number of hydrogen-bond acceptors (Lipinski definition) is 25. The highest BCUT2D eigenvalue weighted by Crippen LogP contribution is 2.25. The first-order chi connectivity index (χ1) is 32.4. The topological polar surface area (TPSA) is 411 Å². The zero-order valence-electron chi connectivity index (χ0n) is 37.5. The molecule has 0 saturated carbocycles. The van der Waals surface area contributed by atoms with E-state index in [1.54, 1.807) is 4.90 Å². The summed E-state index contributed by atoms with van der Waals surface area (Å²) < 4.78 is 33.2. The number of ether oxygens (including phenoxy) is 6. The molecule has 3 amide bonds. The molecular weight excluding hydrogens is 918 g/mol. The van der Waals surface area contributed by atoms with Crippen LogP contribution in [0.25, 0.3) is 0 Å². The van der Waals surface area contributed by atoms with Crippen molar-refractivity contribution in [3.63, 3.8) is 0 Å². The number of Topliss-reactive ketones (excluding diaryl/α,β-unsaturated/α-hetero) is 1. The number of aliphatic hydroxyl groups is 12. The fourth-order valence-electron chi connectivity index (χ4n) is 7.92. The molecule has 0 aromatic heterocycles. The van der Waals surface area contributed by atoms with Gasteiger partial charge in [0.05, 0.1) is 45.7 Å². The van der Waals surface area contributed by atoms with E-state index in [2.05, 4.69) is 5.32 Å². The Hall–Kier alpha value is -3.01. The Balaban J connectivity index is 1.39. The molecule has 0 aromatic rings. The summed E-state index contributed by atoms with van der Waals surface area (Å²) in [5.74, 6) is -2.64. The van der Waals surface area contributed by atoms with Crippen molar-refractivity contribution >= 4 is 29.5 Å². The summed E-state index contributed by atoms with van der Waals surface area (Å²) >= 11 is 0. The van der Waals surface area contributed by atoms with Crippen LogP contribution in [0.3, 0.4) is 0 Å². The van der Waals surface area contributed by atoms with Crippen LogP contribution >= 0.6 is 0 Å². The highest BCUT2D eigenvalue weighted by Gasteiger charge is 2.46. The lowest BCUT2D eigenvalue weighted by molar-refractivity contribution is -0.303. The summed E-state index contributed by atoms with van der Waals surface area (Å²) in [6.07, 6.45) is -21.5. The van der Waals surface area contributed by atoms with Gasteiger partial charge in [-0.05, 0) is 25.7 Å². The maximum Gasteiger partial charge on any atom is 0.333 e. The zero-order valence-corrected chi connectivity index (χ0v) is 37.5. The van der Waals surface area contributed by atoms with Gasteiger partial charge in [0.15, 0.2) is 18.9 Å². The molecule has 4 rings (SSSR count). The zero-order chi connectivity index (χ0) is 50.1. The highest BCUT2D eigenvalue weighted by atomic mass is 16.7. The summed E-state index contributed by atoms with van der Waals surface area (Å²) in [7, 11) is 0. The molecule has 4 aliphatic heterocycles. The fraction of sp³-hybridized carbons (Fsp3) is 0.878. The molecule has 0 spiro atoms. The quantitative estimate of drug-likeness (QED) is 0.0245. The van der Waals surface area contributed by atoms with Gasteiger partial charge in [0.2, 0.25) is 5.91 Å². The van der Waals surface area contributed by atoms with Crippen LogP contribution in [0.15, 0.2) is 0 Å². The number of nitrogens with zero attached hydrogens (tertiary/aromatic N) is 2. The van der Waals surface area contributed by atoms with Gasteiger partial charge in [0.1, 0.15) is 79.0 Å². The van der Waals surface area contributed by atoms with Crippen LogP contribution in [0.1, 0.15) is 70.6 Å². The van der Waals surface area contributed by atoms with Gasteiger partial charge in [-0.2, -0.15) is 0 Å². The van der Waals surface area contributed by atoms with Crippen molar-refractivity contribution < 1.29 is 119 Å². The second-order valence-electron chi connectivity index (χ2n) is 16.9. The third kappa shape index (κ3) is 16.3. The minimum absolute atomic E-state index is 0.0354. The van der Waals surface area contributed by atoms with Gasteiger partial charge in [-0.3, -0.25) is 24.1 Å². The van der Waals surface area contributed by atoms with E-state index in [-0.39, 0.29) is 90.2 Å². The number of carbonyl (C=O) groups excluding carboxylic acids is 5. The van der Waals surface area contributed by atoms with E-state index in [1.165, 1.54) is 0 Å². The Labute approximate surface area is 390 Å². The molecule has 27 heteroatoms. The molecule has 4 heterocycles. The summed E-state index contributed by atoms with van der Waals surface area (Å²) in [6, 6.07) is -1.03. The average Bonchev–Trinajstić information content (AvgIpc) is 3.64. The normalized spacial score (nSPS) is 33.8. The number of nitrogens with one attached hydrogen (secondary N) is 1. The van der Waals surface area contributed by atoms with Gasteiger partial charge in [0, 0.05) is 51.7 Å². The first kappa shape index (κ1) is 57.6. The average molecular weight is 988 g/mol. The lowest BCUT2D eigenvalue weighted by Gasteiger charge is -2.40. The number of carbonyl (C=O) groups is 5. The molecule has 392 valence electrons. The molecular formula is C41H69N3O24. The van der Waals surface area contributed by atoms with Gasteiger partial charge in [-0.15, -0.1) is 5.06 Å². The predicted octanol–water partition coefficient (Wildman–Crippen LogP) is -7.09. The number of aliphatic hydroxyl groups excluding tert-OH is 12. The SMILES string of the molecule is O=C(CCCCC[C@@H](C(=O)NCCO[C@H]1O[C@H](CO)[C@@H](O)[C@H](O)[C@@H]1O)N(CCO[C@H]1O[C@H](CO)[C@@H](O)[C@H](O)[C@@H]1O)CCO[C@H]1O[C@H](CO)[C@@H](O)[C@H](O)[C@@H]1O)CCCCC(=O)ON1C(=O)CCC1=O. The third-order valence-electron chi connectivity index (χ3n) is 12.0. The van der Waals surface area contributed by atoms with Gasteiger partial charge in [-0.25, -0.2) is 4.79 Å². The number of unbranched alkanes of at least 4 members (excludes halogenated alkanes) is 3. The van der Waals surface area contributed by atoms with Crippen molar-refractivity contribution in [2.75, 3.05) is 59.3 Å². The molecule has 4 fully saturated rings. The van der Waals surface area contributed by atoms with Gasteiger partial charge in [0.25, 0.3) is 11.8 Å². The van der Waals surface area contributed by atoms with Crippen LogP contribution in [0.4, 0.5) is 0 Å². The summed E-state index contributed by atoms with van der Waals surface area (Å²) in [6.45, 7) is -3.45. The number of imide groups is 1. The Kier molecular flexibility index (Phi) is 24.3. The molecule has 4 aliphatic rings. The van der Waals surface area contributed by atoms with Crippen LogP contribution in [0, 0.1) is 0 Å². The minimum Gasteiger partial charge on any atom is -0.394 e.